The van der Waals surface area contributed by atoms with Crippen LogP contribution < -0.4 is 10.6 Å². The van der Waals surface area contributed by atoms with Crippen molar-refractivity contribution in [3.63, 3.8) is 0 Å². The van der Waals surface area contributed by atoms with Gasteiger partial charge in [-0.3, -0.25) is 10.1 Å². The minimum atomic E-state index is -0.519. The Morgan fingerprint density at radius 3 is 2.09 bits per heavy atom. The standard InChI is InChI=1S/C16H15BrN2O3/c1-2-22-16(21)19-14-7-3-11(4-8-14)15(20)18-13-9-5-12(17)6-10-13/h3-10H,2H2,1H3,(H,18,20)(H,19,21). The van der Waals surface area contributed by atoms with Gasteiger partial charge in [-0.25, -0.2) is 4.79 Å². The molecule has 0 radical (unpaired) electrons. The normalized spacial score (nSPS) is 9.91. The summed E-state index contributed by atoms with van der Waals surface area (Å²) in [5.74, 6) is -0.218. The van der Waals surface area contributed by atoms with Crippen LogP contribution in [0.25, 0.3) is 0 Å². The first-order valence-electron chi connectivity index (χ1n) is 6.69. The van der Waals surface area contributed by atoms with Crippen molar-refractivity contribution in [1.29, 1.82) is 0 Å². The molecule has 0 unspecified atom stereocenters. The van der Waals surface area contributed by atoms with Gasteiger partial charge in [-0.05, 0) is 55.5 Å². The maximum Gasteiger partial charge on any atom is 0.411 e. The number of halogens is 1. The molecule has 0 fully saturated rings. The van der Waals surface area contributed by atoms with Crippen molar-refractivity contribution in [2.24, 2.45) is 0 Å². The molecule has 0 atom stereocenters. The van der Waals surface area contributed by atoms with Crippen molar-refractivity contribution in [1.82, 2.24) is 0 Å². The van der Waals surface area contributed by atoms with Crippen LogP contribution in [0.2, 0.25) is 0 Å². The molecule has 2 aromatic carbocycles. The van der Waals surface area contributed by atoms with Crippen LogP contribution in [0, 0.1) is 0 Å². The summed E-state index contributed by atoms with van der Waals surface area (Å²) in [6, 6.07) is 13.9. The monoisotopic (exact) mass is 362 g/mol. The van der Waals surface area contributed by atoms with E-state index in [-0.39, 0.29) is 5.91 Å². The largest absolute Gasteiger partial charge is 0.450 e. The van der Waals surface area contributed by atoms with E-state index in [0.29, 0.717) is 23.5 Å². The highest BCUT2D eigenvalue weighted by atomic mass is 79.9. The Kier molecular flexibility index (Phi) is 5.55. The van der Waals surface area contributed by atoms with Crippen molar-refractivity contribution >= 4 is 39.3 Å². The number of anilines is 2. The van der Waals surface area contributed by atoms with Gasteiger partial charge >= 0.3 is 6.09 Å². The molecule has 0 aromatic heterocycles. The highest BCUT2D eigenvalue weighted by Gasteiger charge is 2.07. The molecular formula is C16H15BrN2O3. The molecule has 2 rings (SSSR count). The fourth-order valence-corrected chi connectivity index (χ4v) is 1.99. The highest BCUT2D eigenvalue weighted by molar-refractivity contribution is 9.10. The average Bonchev–Trinajstić information content (AvgIpc) is 2.50. The van der Waals surface area contributed by atoms with Gasteiger partial charge in [0.2, 0.25) is 0 Å². The SMILES string of the molecule is CCOC(=O)Nc1ccc(C(=O)Nc2ccc(Br)cc2)cc1. The molecule has 2 N–H and O–H groups in total. The third-order valence-corrected chi connectivity index (χ3v) is 3.30. The molecule has 0 aliphatic rings. The van der Waals surface area contributed by atoms with E-state index in [1.165, 1.54) is 0 Å². The van der Waals surface area contributed by atoms with E-state index >= 15 is 0 Å². The van der Waals surface area contributed by atoms with Crippen molar-refractivity contribution in [2.75, 3.05) is 17.2 Å². The zero-order valence-corrected chi connectivity index (χ0v) is 13.5. The zero-order valence-electron chi connectivity index (χ0n) is 11.9. The van der Waals surface area contributed by atoms with Gasteiger partial charge in [-0.1, -0.05) is 15.9 Å². The first-order chi connectivity index (χ1) is 10.6. The van der Waals surface area contributed by atoms with Gasteiger partial charge in [0.15, 0.2) is 0 Å². The summed E-state index contributed by atoms with van der Waals surface area (Å²) in [6.45, 7) is 2.04. The number of hydrogen-bond donors (Lipinski definition) is 2. The van der Waals surface area contributed by atoms with E-state index in [4.69, 9.17) is 4.74 Å². The quantitative estimate of drug-likeness (QED) is 0.853. The van der Waals surface area contributed by atoms with Crippen molar-refractivity contribution in [3.05, 3.63) is 58.6 Å². The number of carbonyl (C=O) groups excluding carboxylic acids is 2. The third kappa shape index (κ3) is 4.60. The molecule has 0 spiro atoms. The fraction of sp³-hybridized carbons (Fsp3) is 0.125. The van der Waals surface area contributed by atoms with Gasteiger partial charge in [0, 0.05) is 21.4 Å². The lowest BCUT2D eigenvalue weighted by atomic mass is 10.2. The zero-order chi connectivity index (χ0) is 15.9. The molecule has 0 heterocycles. The molecule has 2 aromatic rings. The molecular weight excluding hydrogens is 348 g/mol. The molecule has 2 amide bonds. The van der Waals surface area contributed by atoms with Gasteiger partial charge < -0.3 is 10.1 Å². The summed E-state index contributed by atoms with van der Waals surface area (Å²) >= 11 is 3.34. The Morgan fingerprint density at radius 1 is 0.955 bits per heavy atom. The second kappa shape index (κ2) is 7.61. The lowest BCUT2D eigenvalue weighted by molar-refractivity contribution is 0.102. The Labute approximate surface area is 136 Å². The lowest BCUT2D eigenvalue weighted by Gasteiger charge is -2.07. The van der Waals surface area contributed by atoms with E-state index in [1.54, 1.807) is 43.3 Å². The van der Waals surface area contributed by atoms with Crippen LogP contribution >= 0.6 is 15.9 Å². The molecule has 0 aliphatic carbocycles. The predicted octanol–water partition coefficient (Wildman–Crippen LogP) is 4.27. The first-order valence-corrected chi connectivity index (χ1v) is 7.48. The smallest absolute Gasteiger partial charge is 0.411 e. The molecule has 5 nitrogen and oxygen atoms in total. The summed E-state index contributed by atoms with van der Waals surface area (Å²) in [6.07, 6.45) is -0.519. The minimum Gasteiger partial charge on any atom is -0.450 e. The average molecular weight is 363 g/mol. The molecule has 0 aliphatic heterocycles. The third-order valence-electron chi connectivity index (χ3n) is 2.77. The summed E-state index contributed by atoms with van der Waals surface area (Å²) in [5, 5.41) is 5.36. The Morgan fingerprint density at radius 2 is 1.50 bits per heavy atom. The number of hydrogen-bond acceptors (Lipinski definition) is 3. The number of nitrogens with one attached hydrogen (secondary N) is 2. The van der Waals surface area contributed by atoms with Crippen LogP contribution in [0.15, 0.2) is 53.0 Å². The maximum atomic E-state index is 12.1. The molecule has 0 saturated heterocycles. The van der Waals surface area contributed by atoms with Crippen molar-refractivity contribution in [2.45, 2.75) is 6.92 Å². The first kappa shape index (κ1) is 16.0. The second-order valence-electron chi connectivity index (χ2n) is 4.38. The summed E-state index contributed by atoms with van der Waals surface area (Å²) in [5.41, 5.74) is 1.78. The van der Waals surface area contributed by atoms with Crippen LogP contribution in [0.1, 0.15) is 17.3 Å². The number of carbonyl (C=O) groups is 2. The molecule has 0 bridgehead atoms. The molecule has 114 valence electrons. The van der Waals surface area contributed by atoms with E-state index in [1.807, 2.05) is 12.1 Å². The van der Waals surface area contributed by atoms with Crippen molar-refractivity contribution in [3.8, 4) is 0 Å². The Balaban J connectivity index is 1.98. The van der Waals surface area contributed by atoms with E-state index in [9.17, 15) is 9.59 Å². The van der Waals surface area contributed by atoms with Crippen LogP contribution in [-0.2, 0) is 4.74 Å². The number of rotatable bonds is 4. The molecule has 0 saturated carbocycles. The summed E-state index contributed by atoms with van der Waals surface area (Å²) in [7, 11) is 0. The topological polar surface area (TPSA) is 67.4 Å². The molecule has 22 heavy (non-hydrogen) atoms. The van der Waals surface area contributed by atoms with E-state index < -0.39 is 6.09 Å². The van der Waals surface area contributed by atoms with Gasteiger partial charge in [0.05, 0.1) is 6.61 Å². The summed E-state index contributed by atoms with van der Waals surface area (Å²) < 4.78 is 5.72. The van der Waals surface area contributed by atoms with Gasteiger partial charge in [-0.2, -0.15) is 0 Å². The highest BCUT2D eigenvalue weighted by Crippen LogP contribution is 2.16. The van der Waals surface area contributed by atoms with Gasteiger partial charge in [-0.15, -0.1) is 0 Å². The molecule has 6 heteroatoms. The summed E-state index contributed by atoms with van der Waals surface area (Å²) in [4.78, 5) is 23.4. The number of ether oxygens (including phenoxy) is 1. The number of benzene rings is 2. The minimum absolute atomic E-state index is 0.218. The fourth-order valence-electron chi connectivity index (χ4n) is 1.73. The lowest BCUT2D eigenvalue weighted by Crippen LogP contribution is -2.14. The van der Waals surface area contributed by atoms with Crippen LogP contribution in [0.5, 0.6) is 0 Å². The van der Waals surface area contributed by atoms with E-state index in [2.05, 4.69) is 26.6 Å². The van der Waals surface area contributed by atoms with Crippen LogP contribution in [-0.4, -0.2) is 18.6 Å². The van der Waals surface area contributed by atoms with Gasteiger partial charge in [0.1, 0.15) is 0 Å². The van der Waals surface area contributed by atoms with E-state index in [0.717, 1.165) is 4.47 Å². The Bertz CT molecular complexity index is 654. The maximum absolute atomic E-state index is 12.1. The predicted molar refractivity (Wildman–Crippen MR) is 89.2 cm³/mol. The van der Waals surface area contributed by atoms with Gasteiger partial charge in [0.25, 0.3) is 5.91 Å². The second-order valence-corrected chi connectivity index (χ2v) is 5.30. The number of amides is 2. The van der Waals surface area contributed by atoms with Crippen molar-refractivity contribution < 1.29 is 14.3 Å². The van der Waals surface area contributed by atoms with Crippen LogP contribution in [0.4, 0.5) is 16.2 Å². The van der Waals surface area contributed by atoms with Crippen LogP contribution in [0.3, 0.4) is 0 Å². The Hall–Kier alpha value is -2.34.